The minimum atomic E-state index is 0.335. The molecule has 1 aliphatic carbocycles. The Hall–Kier alpha value is -7.95. The molecule has 0 amide bonds. The molecule has 61 heavy (non-hydrogen) atoms. The van der Waals surface area contributed by atoms with E-state index in [-0.39, 0.29) is 0 Å². The molecule has 10 aromatic rings. The highest BCUT2D eigenvalue weighted by molar-refractivity contribution is 6.11. The van der Waals surface area contributed by atoms with Crippen LogP contribution in [-0.4, -0.2) is 19.5 Å². The summed E-state index contributed by atoms with van der Waals surface area (Å²) in [5.74, 6) is 2.25. The van der Waals surface area contributed by atoms with Gasteiger partial charge in [0.1, 0.15) is 0 Å². The second-order valence-electron chi connectivity index (χ2n) is 15.6. The zero-order valence-corrected chi connectivity index (χ0v) is 33.4. The molecule has 0 N–H and O–H groups in total. The van der Waals surface area contributed by atoms with Crippen molar-refractivity contribution in [1.82, 2.24) is 19.5 Å². The van der Waals surface area contributed by atoms with Crippen molar-refractivity contribution in [3.63, 3.8) is 0 Å². The van der Waals surface area contributed by atoms with E-state index in [0.29, 0.717) is 23.4 Å². The molecule has 0 spiro atoms. The van der Waals surface area contributed by atoms with Crippen LogP contribution in [-0.2, 0) is 0 Å². The van der Waals surface area contributed by atoms with Crippen LogP contribution in [0.2, 0.25) is 0 Å². The van der Waals surface area contributed by atoms with Gasteiger partial charge in [-0.15, -0.1) is 0 Å². The maximum absolute atomic E-state index is 5.06. The van der Waals surface area contributed by atoms with Gasteiger partial charge < -0.3 is 4.57 Å². The molecule has 0 radical (unpaired) electrons. The molecule has 0 fully saturated rings. The fourth-order valence-corrected chi connectivity index (χ4v) is 8.72. The molecule has 0 bridgehead atoms. The Labute approximate surface area is 355 Å². The van der Waals surface area contributed by atoms with E-state index in [1.807, 2.05) is 36.4 Å². The van der Waals surface area contributed by atoms with Gasteiger partial charge in [0, 0.05) is 39.1 Å². The van der Waals surface area contributed by atoms with E-state index in [4.69, 9.17) is 15.0 Å². The van der Waals surface area contributed by atoms with Crippen LogP contribution in [0.25, 0.3) is 95.0 Å². The predicted octanol–water partition coefficient (Wildman–Crippen LogP) is 14.6. The zero-order chi connectivity index (χ0) is 40.5. The average Bonchev–Trinajstić information content (AvgIpc) is 3.69. The molecule has 1 unspecified atom stereocenters. The third-order valence-electron chi connectivity index (χ3n) is 11.8. The van der Waals surface area contributed by atoms with Crippen LogP contribution in [0.5, 0.6) is 0 Å². The number of benzene rings is 8. The number of nitrogens with zero attached hydrogens (tertiary/aromatic N) is 4. The third kappa shape index (κ3) is 6.94. The number of hydrogen-bond donors (Lipinski definition) is 0. The van der Waals surface area contributed by atoms with Gasteiger partial charge in [-0.1, -0.05) is 194 Å². The van der Waals surface area contributed by atoms with Gasteiger partial charge >= 0.3 is 0 Å². The van der Waals surface area contributed by atoms with Crippen molar-refractivity contribution in [2.45, 2.75) is 12.3 Å². The van der Waals surface area contributed by atoms with Crippen molar-refractivity contribution >= 4 is 21.8 Å². The van der Waals surface area contributed by atoms with Crippen molar-refractivity contribution in [1.29, 1.82) is 0 Å². The van der Waals surface area contributed by atoms with Gasteiger partial charge in [0.15, 0.2) is 17.5 Å². The van der Waals surface area contributed by atoms with Gasteiger partial charge in [-0.25, -0.2) is 15.0 Å². The van der Waals surface area contributed by atoms with Crippen molar-refractivity contribution in [3.05, 3.63) is 230 Å². The first-order chi connectivity index (χ1) is 30.2. The predicted molar refractivity (Wildman–Crippen MR) is 252 cm³/mol. The van der Waals surface area contributed by atoms with E-state index in [1.54, 1.807) is 0 Å². The standard InChI is InChI=1S/C57H40N4/c1-5-15-39(16-6-1)40-31-33-45(34-32-40)56-58-55(44-19-9-3-10-20-44)59-57(60-56)48-22-13-21-46(37-48)41-27-29-42(30-28-41)47-35-36-53-52(38-47)51-26-14-25-50(43-17-7-2-8-18-43)54(51)61(53)49-23-11-4-12-24-49/h1-17,19-38,43H,18H2. The fourth-order valence-electron chi connectivity index (χ4n) is 8.72. The molecule has 0 saturated heterocycles. The summed E-state index contributed by atoms with van der Waals surface area (Å²) < 4.78 is 2.45. The highest BCUT2D eigenvalue weighted by Crippen LogP contribution is 2.40. The molecule has 4 nitrogen and oxygen atoms in total. The molecule has 288 valence electrons. The second kappa shape index (κ2) is 15.7. The minimum absolute atomic E-state index is 0.335. The molecule has 0 aliphatic heterocycles. The summed E-state index contributed by atoms with van der Waals surface area (Å²) in [6, 6.07) is 70.9. The van der Waals surface area contributed by atoms with Crippen LogP contribution in [0.15, 0.2) is 224 Å². The highest BCUT2D eigenvalue weighted by Gasteiger charge is 2.20. The summed E-state index contributed by atoms with van der Waals surface area (Å²) >= 11 is 0. The lowest BCUT2D eigenvalue weighted by Crippen LogP contribution is -2.01. The maximum Gasteiger partial charge on any atom is 0.164 e. The lowest BCUT2D eigenvalue weighted by Gasteiger charge is -2.17. The summed E-state index contributed by atoms with van der Waals surface area (Å²) in [5, 5.41) is 2.53. The van der Waals surface area contributed by atoms with Gasteiger partial charge in [0.05, 0.1) is 11.0 Å². The van der Waals surface area contributed by atoms with Gasteiger partial charge in [0.25, 0.3) is 0 Å². The average molecular weight is 781 g/mol. The lowest BCUT2D eigenvalue weighted by molar-refractivity contribution is 0.856. The number of hydrogen-bond acceptors (Lipinski definition) is 3. The molecule has 2 heterocycles. The minimum Gasteiger partial charge on any atom is -0.309 e. The highest BCUT2D eigenvalue weighted by atomic mass is 15.0. The number of fused-ring (bicyclic) bond motifs is 3. The number of para-hydroxylation sites is 2. The summed E-state index contributed by atoms with van der Waals surface area (Å²) in [6.45, 7) is 0. The number of rotatable bonds is 8. The largest absolute Gasteiger partial charge is 0.309 e. The summed E-state index contributed by atoms with van der Waals surface area (Å²) in [6.07, 6.45) is 9.94. The molecular formula is C57H40N4. The Morgan fingerprint density at radius 3 is 1.52 bits per heavy atom. The Bertz CT molecular complexity index is 3240. The Morgan fingerprint density at radius 1 is 0.377 bits per heavy atom. The molecule has 2 aromatic heterocycles. The van der Waals surface area contributed by atoms with E-state index in [1.165, 1.54) is 49.7 Å². The van der Waals surface area contributed by atoms with Gasteiger partial charge in [-0.05, 0) is 75.7 Å². The van der Waals surface area contributed by atoms with Crippen LogP contribution in [0.1, 0.15) is 17.9 Å². The van der Waals surface area contributed by atoms with E-state index in [0.717, 1.165) is 39.8 Å². The molecule has 1 atom stereocenters. The van der Waals surface area contributed by atoms with Crippen LogP contribution >= 0.6 is 0 Å². The summed E-state index contributed by atoms with van der Waals surface area (Å²) in [5.41, 5.74) is 14.7. The van der Waals surface area contributed by atoms with Crippen molar-refractivity contribution in [2.24, 2.45) is 0 Å². The Kier molecular flexibility index (Phi) is 9.29. The smallest absolute Gasteiger partial charge is 0.164 e. The molecule has 4 heteroatoms. The molecule has 8 aromatic carbocycles. The van der Waals surface area contributed by atoms with Crippen molar-refractivity contribution < 1.29 is 0 Å². The Morgan fingerprint density at radius 2 is 0.869 bits per heavy atom. The summed E-state index contributed by atoms with van der Waals surface area (Å²) in [4.78, 5) is 15.1. The van der Waals surface area contributed by atoms with Gasteiger partial charge in [0.2, 0.25) is 0 Å². The molecule has 0 saturated carbocycles. The SMILES string of the molecule is C1=CCC(c2cccc3c4cc(-c5ccc(-c6cccc(-c7nc(-c8ccccc8)nc(-c8ccc(-c9ccccc9)cc8)n7)c6)cc5)ccc4n(-c4ccccc4)c23)C=C1. The first-order valence-electron chi connectivity index (χ1n) is 20.9. The molecular weight excluding hydrogens is 741 g/mol. The lowest BCUT2D eigenvalue weighted by atomic mass is 9.91. The van der Waals surface area contributed by atoms with Crippen LogP contribution in [0, 0.1) is 0 Å². The normalized spacial score (nSPS) is 13.5. The topological polar surface area (TPSA) is 43.6 Å². The monoisotopic (exact) mass is 780 g/mol. The fraction of sp³-hybridized carbons (Fsp3) is 0.0351. The van der Waals surface area contributed by atoms with Crippen molar-refractivity contribution in [2.75, 3.05) is 0 Å². The van der Waals surface area contributed by atoms with E-state index in [2.05, 4.69) is 193 Å². The maximum atomic E-state index is 5.06. The van der Waals surface area contributed by atoms with Crippen LogP contribution < -0.4 is 0 Å². The van der Waals surface area contributed by atoms with Crippen molar-refractivity contribution in [3.8, 4) is 73.2 Å². The van der Waals surface area contributed by atoms with Gasteiger partial charge in [-0.2, -0.15) is 0 Å². The third-order valence-corrected chi connectivity index (χ3v) is 11.8. The molecule has 11 rings (SSSR count). The van der Waals surface area contributed by atoms with Gasteiger partial charge in [-0.3, -0.25) is 0 Å². The van der Waals surface area contributed by atoms with E-state index in [9.17, 15) is 0 Å². The first kappa shape index (κ1) is 36.2. The van der Waals surface area contributed by atoms with Crippen LogP contribution in [0.4, 0.5) is 0 Å². The zero-order valence-electron chi connectivity index (χ0n) is 33.4. The number of aromatic nitrogens is 4. The van der Waals surface area contributed by atoms with Crippen LogP contribution in [0.3, 0.4) is 0 Å². The Balaban J connectivity index is 0.942. The summed E-state index contributed by atoms with van der Waals surface area (Å²) in [7, 11) is 0. The number of allylic oxidation sites excluding steroid dienone is 4. The first-order valence-corrected chi connectivity index (χ1v) is 20.9. The van der Waals surface area contributed by atoms with E-state index >= 15 is 0 Å². The van der Waals surface area contributed by atoms with E-state index < -0.39 is 0 Å². The second-order valence-corrected chi connectivity index (χ2v) is 15.6. The quantitative estimate of drug-likeness (QED) is 0.154. The molecule has 1 aliphatic rings.